The van der Waals surface area contributed by atoms with Crippen LogP contribution in [0.4, 0.5) is 0 Å². The van der Waals surface area contributed by atoms with E-state index in [0.29, 0.717) is 0 Å². The first-order valence-electron chi connectivity index (χ1n) is 9.83. The summed E-state index contributed by atoms with van der Waals surface area (Å²) in [5, 5.41) is 7.94. The minimum Gasteiger partial charge on any atom is -0.357 e. The zero-order chi connectivity index (χ0) is 17.9. The lowest BCUT2D eigenvalue weighted by Gasteiger charge is -2.30. The zero-order valence-electron chi connectivity index (χ0n) is 16.2. The smallest absolute Gasteiger partial charge is 0.191 e. The fourth-order valence-electron chi connectivity index (χ4n) is 3.27. The lowest BCUT2D eigenvalue weighted by atomic mass is 10.0. The molecule has 142 valence electrons. The minimum absolute atomic E-state index is 0.873. The van der Waals surface area contributed by atoms with Crippen molar-refractivity contribution < 1.29 is 0 Å². The molecule has 2 heterocycles. The van der Waals surface area contributed by atoms with Gasteiger partial charge in [0.25, 0.3) is 0 Å². The molecule has 0 spiro atoms. The second-order valence-corrected chi connectivity index (χ2v) is 8.38. The minimum atomic E-state index is 0.873. The first-order chi connectivity index (χ1) is 12.2. The van der Waals surface area contributed by atoms with Crippen molar-refractivity contribution >= 4 is 17.3 Å². The first kappa shape index (κ1) is 20.2. The van der Waals surface area contributed by atoms with Gasteiger partial charge >= 0.3 is 0 Å². The summed E-state index contributed by atoms with van der Waals surface area (Å²) in [6.45, 7) is 13.1. The molecule has 25 heavy (non-hydrogen) atoms. The van der Waals surface area contributed by atoms with Crippen molar-refractivity contribution in [3.8, 4) is 0 Å². The molecule has 5 nitrogen and oxygen atoms in total. The monoisotopic (exact) mass is 365 g/mol. The standard InChI is InChI=1S/C19H35N5S/c1-4-20-19(22-11-9-18-23-14-17(3)25-18)21-10-5-6-12-24-13-7-8-16(2)15-24/h14,16H,4-13,15H2,1-3H3,(H2,20,21,22). The second-order valence-electron chi connectivity index (χ2n) is 7.06. The lowest BCUT2D eigenvalue weighted by molar-refractivity contribution is 0.181. The van der Waals surface area contributed by atoms with Crippen molar-refractivity contribution in [2.75, 3.05) is 39.3 Å². The Morgan fingerprint density at radius 3 is 3.00 bits per heavy atom. The number of hydrogen-bond acceptors (Lipinski definition) is 4. The van der Waals surface area contributed by atoms with Crippen LogP contribution in [-0.4, -0.2) is 55.1 Å². The topological polar surface area (TPSA) is 52.6 Å². The van der Waals surface area contributed by atoms with E-state index in [0.717, 1.165) is 44.4 Å². The third-order valence-corrected chi connectivity index (χ3v) is 5.51. The normalized spacial score (nSPS) is 19.2. The molecule has 1 atom stereocenters. The predicted octanol–water partition coefficient (Wildman–Crippen LogP) is 3.06. The highest BCUT2D eigenvalue weighted by Crippen LogP contribution is 2.15. The predicted molar refractivity (Wildman–Crippen MR) is 109 cm³/mol. The van der Waals surface area contributed by atoms with Crippen molar-refractivity contribution in [2.24, 2.45) is 10.9 Å². The van der Waals surface area contributed by atoms with Crippen molar-refractivity contribution in [3.05, 3.63) is 16.1 Å². The van der Waals surface area contributed by atoms with E-state index in [1.54, 1.807) is 11.3 Å². The number of aryl methyl sites for hydroxylation is 1. The van der Waals surface area contributed by atoms with Crippen LogP contribution in [0.5, 0.6) is 0 Å². The van der Waals surface area contributed by atoms with E-state index in [1.807, 2.05) is 6.20 Å². The van der Waals surface area contributed by atoms with Gasteiger partial charge in [0.15, 0.2) is 5.96 Å². The van der Waals surface area contributed by atoms with Crippen molar-refractivity contribution in [1.29, 1.82) is 0 Å². The molecular formula is C19H35N5S. The molecule has 2 rings (SSSR count). The molecule has 1 aromatic heterocycles. The molecule has 0 aromatic carbocycles. The number of guanidine groups is 1. The Balaban J connectivity index is 1.61. The summed E-state index contributed by atoms with van der Waals surface area (Å²) in [5.41, 5.74) is 0. The Bertz CT molecular complexity index is 514. The number of nitrogens with one attached hydrogen (secondary N) is 2. The average molecular weight is 366 g/mol. The highest BCUT2D eigenvalue weighted by molar-refractivity contribution is 7.11. The summed E-state index contributed by atoms with van der Waals surface area (Å²) in [6, 6.07) is 0. The third-order valence-electron chi connectivity index (χ3n) is 4.54. The van der Waals surface area contributed by atoms with Gasteiger partial charge in [0.05, 0.1) is 5.01 Å². The number of unbranched alkanes of at least 4 members (excludes halogenated alkanes) is 1. The van der Waals surface area contributed by atoms with Gasteiger partial charge in [-0.2, -0.15) is 0 Å². The lowest BCUT2D eigenvalue weighted by Crippen LogP contribution is -2.38. The molecule has 1 saturated heterocycles. The average Bonchev–Trinajstić information content (AvgIpc) is 3.00. The van der Waals surface area contributed by atoms with Crippen molar-refractivity contribution in [2.45, 2.75) is 52.9 Å². The van der Waals surface area contributed by atoms with Gasteiger partial charge in [0, 0.05) is 43.7 Å². The third kappa shape index (κ3) is 8.19. The van der Waals surface area contributed by atoms with Gasteiger partial charge in [-0.15, -0.1) is 11.3 Å². The molecule has 0 amide bonds. The molecule has 2 N–H and O–H groups in total. The molecule has 0 aliphatic carbocycles. The van der Waals surface area contributed by atoms with Crippen LogP contribution in [-0.2, 0) is 6.42 Å². The fraction of sp³-hybridized carbons (Fsp3) is 0.789. The van der Waals surface area contributed by atoms with Gasteiger partial charge in [-0.3, -0.25) is 4.99 Å². The van der Waals surface area contributed by atoms with E-state index < -0.39 is 0 Å². The van der Waals surface area contributed by atoms with E-state index in [2.05, 4.69) is 41.3 Å². The second kappa shape index (κ2) is 11.5. The molecule has 1 aliphatic rings. The van der Waals surface area contributed by atoms with Gasteiger partial charge in [-0.25, -0.2) is 4.98 Å². The van der Waals surface area contributed by atoms with Crippen LogP contribution in [0.3, 0.4) is 0 Å². The Hall–Kier alpha value is -1.14. The highest BCUT2D eigenvalue weighted by Gasteiger charge is 2.15. The molecule has 1 unspecified atom stereocenters. The number of aromatic nitrogens is 1. The Morgan fingerprint density at radius 1 is 1.40 bits per heavy atom. The molecule has 0 saturated carbocycles. The molecule has 0 radical (unpaired) electrons. The number of rotatable bonds is 9. The molecule has 1 fully saturated rings. The number of nitrogens with zero attached hydrogens (tertiary/aromatic N) is 3. The van der Waals surface area contributed by atoms with E-state index in [1.165, 1.54) is 48.8 Å². The maximum absolute atomic E-state index is 4.71. The largest absolute Gasteiger partial charge is 0.357 e. The van der Waals surface area contributed by atoms with Crippen LogP contribution >= 0.6 is 11.3 Å². The van der Waals surface area contributed by atoms with Crippen LogP contribution in [0.1, 0.15) is 49.4 Å². The van der Waals surface area contributed by atoms with Crippen LogP contribution < -0.4 is 10.6 Å². The van der Waals surface area contributed by atoms with E-state index >= 15 is 0 Å². The first-order valence-corrected chi connectivity index (χ1v) is 10.6. The number of aliphatic imine (C=N–C) groups is 1. The van der Waals surface area contributed by atoms with E-state index in [9.17, 15) is 0 Å². The maximum Gasteiger partial charge on any atom is 0.191 e. The van der Waals surface area contributed by atoms with E-state index in [-0.39, 0.29) is 0 Å². The van der Waals surface area contributed by atoms with Gasteiger partial charge in [-0.05, 0) is 58.5 Å². The van der Waals surface area contributed by atoms with Gasteiger partial charge < -0.3 is 15.5 Å². The Morgan fingerprint density at radius 2 is 2.28 bits per heavy atom. The summed E-state index contributed by atoms with van der Waals surface area (Å²) in [4.78, 5) is 13.0. The molecular weight excluding hydrogens is 330 g/mol. The number of hydrogen-bond donors (Lipinski definition) is 2. The van der Waals surface area contributed by atoms with Crippen LogP contribution in [0.25, 0.3) is 0 Å². The summed E-state index contributed by atoms with van der Waals surface area (Å²) in [6.07, 6.45) is 8.07. The Labute approximate surface area is 157 Å². The fourth-order valence-corrected chi connectivity index (χ4v) is 4.06. The summed E-state index contributed by atoms with van der Waals surface area (Å²) in [7, 11) is 0. The zero-order valence-corrected chi connectivity index (χ0v) is 17.0. The highest BCUT2D eigenvalue weighted by atomic mass is 32.1. The van der Waals surface area contributed by atoms with Crippen molar-refractivity contribution in [1.82, 2.24) is 20.5 Å². The Kier molecular flexibility index (Phi) is 9.26. The summed E-state index contributed by atoms with van der Waals surface area (Å²) < 4.78 is 0. The summed E-state index contributed by atoms with van der Waals surface area (Å²) >= 11 is 1.77. The maximum atomic E-state index is 4.71. The van der Waals surface area contributed by atoms with Gasteiger partial charge in [0.1, 0.15) is 0 Å². The van der Waals surface area contributed by atoms with Crippen LogP contribution in [0, 0.1) is 12.8 Å². The number of piperidine rings is 1. The molecule has 1 aromatic rings. The SMILES string of the molecule is CCNC(=NCCCCN1CCCC(C)C1)NCCc1ncc(C)s1. The van der Waals surface area contributed by atoms with Gasteiger partial charge in [0.2, 0.25) is 0 Å². The molecule has 0 bridgehead atoms. The van der Waals surface area contributed by atoms with Crippen LogP contribution in [0.15, 0.2) is 11.2 Å². The molecule has 1 aliphatic heterocycles. The van der Waals surface area contributed by atoms with Crippen molar-refractivity contribution in [3.63, 3.8) is 0 Å². The van der Waals surface area contributed by atoms with Gasteiger partial charge in [-0.1, -0.05) is 6.92 Å². The van der Waals surface area contributed by atoms with E-state index in [4.69, 9.17) is 4.99 Å². The molecule has 6 heteroatoms. The number of thiazole rings is 1. The number of likely N-dealkylation sites (tertiary alicyclic amines) is 1. The van der Waals surface area contributed by atoms with Crippen LogP contribution in [0.2, 0.25) is 0 Å². The summed E-state index contributed by atoms with van der Waals surface area (Å²) in [5.74, 6) is 1.81. The quantitative estimate of drug-likeness (QED) is 0.401.